The second-order valence-electron chi connectivity index (χ2n) is 9.65. The molecule has 0 bridgehead atoms. The molecular weight excluding hydrogens is 610 g/mol. The third-order valence-corrected chi connectivity index (χ3v) is 9.02. The van der Waals surface area contributed by atoms with Gasteiger partial charge in [0.05, 0.1) is 39.0 Å². The van der Waals surface area contributed by atoms with E-state index in [2.05, 4.69) is 5.32 Å². The highest BCUT2D eigenvalue weighted by molar-refractivity contribution is 7.92. The van der Waals surface area contributed by atoms with E-state index in [1.165, 1.54) is 63.7 Å². The summed E-state index contributed by atoms with van der Waals surface area (Å²) in [4.78, 5) is 28.4. The predicted octanol–water partition coefficient (Wildman–Crippen LogP) is 4.51. The normalized spacial score (nSPS) is 11.7. The molecule has 44 heavy (non-hydrogen) atoms. The van der Waals surface area contributed by atoms with Gasteiger partial charge in [-0.2, -0.15) is 0 Å². The van der Waals surface area contributed by atoms with Crippen molar-refractivity contribution in [3.8, 4) is 23.0 Å². The van der Waals surface area contributed by atoms with Crippen molar-refractivity contribution in [2.45, 2.75) is 37.8 Å². The number of amides is 2. The van der Waals surface area contributed by atoms with E-state index in [9.17, 15) is 18.0 Å². The Balaban J connectivity index is 2.17. The number of nitrogens with one attached hydrogen (secondary N) is 1. The molecule has 3 aromatic carbocycles. The van der Waals surface area contributed by atoms with Crippen molar-refractivity contribution in [3.05, 3.63) is 71.2 Å². The number of anilines is 1. The van der Waals surface area contributed by atoms with Crippen molar-refractivity contribution >= 4 is 39.1 Å². The van der Waals surface area contributed by atoms with Gasteiger partial charge in [-0.1, -0.05) is 36.7 Å². The molecule has 0 radical (unpaired) electrons. The number of methoxy groups -OCH3 is 4. The second-order valence-corrected chi connectivity index (χ2v) is 11.9. The molecule has 0 aliphatic rings. The molecule has 0 aliphatic heterocycles. The lowest BCUT2D eigenvalue weighted by Gasteiger charge is -2.32. The lowest BCUT2D eigenvalue weighted by molar-refractivity contribution is -0.139. The van der Waals surface area contributed by atoms with Gasteiger partial charge in [-0.25, -0.2) is 8.42 Å². The molecule has 2 amide bonds. The number of hydrogen-bond donors (Lipinski definition) is 1. The van der Waals surface area contributed by atoms with Crippen molar-refractivity contribution in [1.29, 1.82) is 0 Å². The van der Waals surface area contributed by atoms with E-state index < -0.39 is 28.5 Å². The maximum atomic E-state index is 14.3. The monoisotopic (exact) mass is 647 g/mol. The fourth-order valence-electron chi connectivity index (χ4n) is 4.40. The van der Waals surface area contributed by atoms with Crippen LogP contribution in [0.25, 0.3) is 0 Å². The molecule has 0 fully saturated rings. The molecule has 1 N–H and O–H groups in total. The smallest absolute Gasteiger partial charge is 0.265 e. The van der Waals surface area contributed by atoms with Crippen LogP contribution in [0.4, 0.5) is 5.69 Å². The van der Waals surface area contributed by atoms with Crippen LogP contribution in [0.3, 0.4) is 0 Å². The minimum atomic E-state index is -4.45. The highest BCUT2D eigenvalue weighted by atomic mass is 35.5. The number of nitrogens with zero attached hydrogens (tertiary/aromatic N) is 2. The molecule has 3 rings (SSSR count). The van der Waals surface area contributed by atoms with Crippen LogP contribution in [-0.2, 0) is 26.2 Å². The first-order valence-corrected chi connectivity index (χ1v) is 15.6. The third kappa shape index (κ3) is 7.86. The first-order chi connectivity index (χ1) is 21.0. The topological polar surface area (TPSA) is 124 Å². The molecule has 13 heteroatoms. The molecule has 0 saturated carbocycles. The van der Waals surface area contributed by atoms with Crippen LogP contribution < -0.4 is 28.6 Å². The predicted molar refractivity (Wildman–Crippen MR) is 168 cm³/mol. The lowest BCUT2D eigenvalue weighted by atomic mass is 10.1. The Kier molecular flexibility index (Phi) is 12.1. The molecular formula is C31H38ClN3O8S. The average molecular weight is 648 g/mol. The molecule has 0 heterocycles. The Bertz CT molecular complexity index is 1570. The summed E-state index contributed by atoms with van der Waals surface area (Å²) in [5.41, 5.74) is 0.640. The van der Waals surface area contributed by atoms with E-state index >= 15 is 0 Å². The van der Waals surface area contributed by atoms with Crippen LogP contribution in [0.1, 0.15) is 25.8 Å². The van der Waals surface area contributed by atoms with E-state index in [0.29, 0.717) is 35.1 Å². The molecule has 0 aliphatic carbocycles. The van der Waals surface area contributed by atoms with Gasteiger partial charge in [-0.3, -0.25) is 13.9 Å². The molecule has 11 nitrogen and oxygen atoms in total. The Morgan fingerprint density at radius 2 is 1.55 bits per heavy atom. The zero-order valence-electron chi connectivity index (χ0n) is 25.6. The van der Waals surface area contributed by atoms with Gasteiger partial charge in [0.25, 0.3) is 10.0 Å². The number of halogens is 1. The van der Waals surface area contributed by atoms with Crippen molar-refractivity contribution in [2.24, 2.45) is 0 Å². The fourth-order valence-corrected chi connectivity index (χ4v) is 6.03. The number of rotatable bonds is 15. The summed E-state index contributed by atoms with van der Waals surface area (Å²) in [6, 6.07) is 14.7. The average Bonchev–Trinajstić information content (AvgIpc) is 3.04. The van der Waals surface area contributed by atoms with Gasteiger partial charge in [0, 0.05) is 30.2 Å². The zero-order valence-corrected chi connectivity index (χ0v) is 27.2. The molecule has 238 valence electrons. The van der Waals surface area contributed by atoms with Crippen LogP contribution in [0.5, 0.6) is 23.0 Å². The summed E-state index contributed by atoms with van der Waals surface area (Å²) >= 11 is 6.42. The first-order valence-electron chi connectivity index (χ1n) is 13.8. The van der Waals surface area contributed by atoms with Crippen molar-refractivity contribution < 1.29 is 37.0 Å². The van der Waals surface area contributed by atoms with Crippen LogP contribution in [0.15, 0.2) is 65.6 Å². The summed E-state index contributed by atoms with van der Waals surface area (Å²) < 4.78 is 51.1. The highest BCUT2D eigenvalue weighted by Gasteiger charge is 2.34. The van der Waals surface area contributed by atoms with Gasteiger partial charge in [0.15, 0.2) is 11.5 Å². The molecule has 0 unspecified atom stereocenters. The fraction of sp³-hybridized carbons (Fsp3) is 0.355. The van der Waals surface area contributed by atoms with E-state index in [0.717, 1.165) is 4.31 Å². The summed E-state index contributed by atoms with van der Waals surface area (Å²) in [5, 5.41) is 3.20. The second kappa shape index (κ2) is 15.5. The molecule has 3 aromatic rings. The minimum absolute atomic E-state index is 0.0429. The van der Waals surface area contributed by atoms with Gasteiger partial charge in [0.1, 0.15) is 24.1 Å². The first kappa shape index (κ1) is 34.3. The van der Waals surface area contributed by atoms with Crippen molar-refractivity contribution in [3.63, 3.8) is 0 Å². The number of carbonyl (C=O) groups excluding carboxylic acids is 2. The largest absolute Gasteiger partial charge is 0.497 e. The molecule has 1 atom stereocenters. The zero-order chi connectivity index (χ0) is 32.4. The quantitative estimate of drug-likeness (QED) is 0.256. The van der Waals surface area contributed by atoms with Gasteiger partial charge in [-0.15, -0.1) is 0 Å². The maximum Gasteiger partial charge on any atom is 0.265 e. The Hall–Kier alpha value is -4.16. The number of benzene rings is 3. The molecule has 0 spiro atoms. The van der Waals surface area contributed by atoms with Crippen LogP contribution in [-0.4, -0.2) is 72.7 Å². The van der Waals surface area contributed by atoms with Gasteiger partial charge in [-0.05, 0) is 49.2 Å². The summed E-state index contributed by atoms with van der Waals surface area (Å²) in [6.45, 7) is 3.18. The summed E-state index contributed by atoms with van der Waals surface area (Å²) in [5.74, 6) is -0.0292. The third-order valence-electron chi connectivity index (χ3n) is 6.89. The number of ether oxygens (including phenoxy) is 4. The van der Waals surface area contributed by atoms with Crippen molar-refractivity contribution in [1.82, 2.24) is 10.2 Å². The Morgan fingerprint density at radius 3 is 2.16 bits per heavy atom. The SMILES string of the molecule is CCCNC(=O)[C@@H](C)N(Cc1ccccc1Cl)C(=O)CN(c1cc(OC)ccc1OC)S(=O)(=O)c1ccc(OC)c(OC)c1. The maximum absolute atomic E-state index is 14.3. The van der Waals surface area contributed by atoms with Gasteiger partial charge < -0.3 is 29.2 Å². The molecule has 0 aromatic heterocycles. The van der Waals surface area contributed by atoms with Gasteiger partial charge >= 0.3 is 0 Å². The van der Waals surface area contributed by atoms with Crippen LogP contribution in [0.2, 0.25) is 5.02 Å². The summed E-state index contributed by atoms with van der Waals surface area (Å²) in [7, 11) is 1.19. The van der Waals surface area contributed by atoms with Crippen LogP contribution >= 0.6 is 11.6 Å². The number of hydrogen-bond acceptors (Lipinski definition) is 8. The number of carbonyl (C=O) groups is 2. The van der Waals surface area contributed by atoms with E-state index in [-0.39, 0.29) is 34.5 Å². The number of sulfonamides is 1. The Labute approximate surface area is 263 Å². The standard InChI is InChI=1S/C31H38ClN3O8S/c1-7-16-33-31(37)21(2)34(19-22-10-8-9-11-25(22)32)30(36)20-35(26-17-23(40-3)12-14-27(26)41-4)44(38,39)24-13-15-28(42-5)29(18-24)43-6/h8-15,17-18,21H,7,16,19-20H2,1-6H3,(H,33,37)/t21-/m1/s1. The Morgan fingerprint density at radius 1 is 0.886 bits per heavy atom. The van der Waals surface area contributed by atoms with Gasteiger partial charge in [0.2, 0.25) is 11.8 Å². The lowest BCUT2D eigenvalue weighted by Crippen LogP contribution is -2.51. The van der Waals surface area contributed by atoms with Crippen molar-refractivity contribution in [2.75, 3.05) is 45.8 Å². The van der Waals surface area contributed by atoms with E-state index in [1.807, 2.05) is 6.92 Å². The van der Waals surface area contributed by atoms with E-state index in [4.69, 9.17) is 30.5 Å². The highest BCUT2D eigenvalue weighted by Crippen LogP contribution is 2.38. The van der Waals surface area contributed by atoms with Crippen LogP contribution in [0, 0.1) is 0 Å². The summed E-state index contributed by atoms with van der Waals surface area (Å²) in [6.07, 6.45) is 0.698. The minimum Gasteiger partial charge on any atom is -0.497 e. The molecule has 0 saturated heterocycles. The van der Waals surface area contributed by atoms with E-state index in [1.54, 1.807) is 37.3 Å².